The molecule has 0 spiro atoms. The standard InChI is InChI=1S/C11H20N2O5S/c1-3-4-9(10(14)15)12-11(16)13-5-6-19(17,18)7-8(13)2/h8-9H,3-7H2,1-2H3,(H,12,16)(H,14,15)/t8?,9-/m0/s1. The van der Waals surface area contributed by atoms with Gasteiger partial charge in [0.2, 0.25) is 0 Å². The van der Waals surface area contributed by atoms with Gasteiger partial charge in [-0.3, -0.25) is 0 Å². The zero-order chi connectivity index (χ0) is 14.6. The lowest BCUT2D eigenvalue weighted by Crippen LogP contribution is -2.56. The monoisotopic (exact) mass is 292 g/mol. The number of carbonyl (C=O) groups excluding carboxylic acids is 1. The Labute approximate surface area is 112 Å². The first-order chi connectivity index (χ1) is 8.76. The smallest absolute Gasteiger partial charge is 0.326 e. The van der Waals surface area contributed by atoms with Crippen molar-refractivity contribution in [3.8, 4) is 0 Å². The summed E-state index contributed by atoms with van der Waals surface area (Å²) in [6.45, 7) is 3.58. The van der Waals surface area contributed by atoms with Crippen LogP contribution in [0.1, 0.15) is 26.7 Å². The fourth-order valence-electron chi connectivity index (χ4n) is 2.08. The molecule has 0 bridgehead atoms. The third-order valence-corrected chi connectivity index (χ3v) is 4.90. The van der Waals surface area contributed by atoms with Crippen LogP contribution in [0.2, 0.25) is 0 Å². The molecular formula is C11H20N2O5S. The van der Waals surface area contributed by atoms with Crippen LogP contribution in [0, 0.1) is 0 Å². The molecule has 1 unspecified atom stereocenters. The second-order valence-electron chi connectivity index (χ2n) is 4.79. The van der Waals surface area contributed by atoms with Crippen LogP contribution >= 0.6 is 0 Å². The maximum Gasteiger partial charge on any atom is 0.326 e. The highest BCUT2D eigenvalue weighted by atomic mass is 32.2. The number of aliphatic carboxylic acids is 1. The van der Waals surface area contributed by atoms with Crippen LogP contribution in [0.15, 0.2) is 0 Å². The Morgan fingerprint density at radius 3 is 2.58 bits per heavy atom. The highest BCUT2D eigenvalue weighted by Gasteiger charge is 2.32. The fourth-order valence-corrected chi connectivity index (χ4v) is 3.63. The van der Waals surface area contributed by atoms with Crippen LogP contribution < -0.4 is 5.32 Å². The highest BCUT2D eigenvalue weighted by Crippen LogP contribution is 2.12. The maximum absolute atomic E-state index is 12.0. The second kappa shape index (κ2) is 6.23. The van der Waals surface area contributed by atoms with Crippen molar-refractivity contribution in [1.82, 2.24) is 10.2 Å². The molecule has 1 saturated heterocycles. The lowest BCUT2D eigenvalue weighted by molar-refractivity contribution is -0.139. The predicted octanol–water partition coefficient (Wildman–Crippen LogP) is 0.0682. The number of nitrogens with zero attached hydrogens (tertiary/aromatic N) is 1. The molecule has 0 aromatic heterocycles. The summed E-state index contributed by atoms with van der Waals surface area (Å²) in [5, 5.41) is 11.4. The van der Waals surface area contributed by atoms with Gasteiger partial charge in [-0.15, -0.1) is 0 Å². The fraction of sp³-hybridized carbons (Fsp3) is 0.818. The van der Waals surface area contributed by atoms with Crippen molar-refractivity contribution in [3.63, 3.8) is 0 Å². The number of urea groups is 1. The van der Waals surface area contributed by atoms with E-state index in [-0.39, 0.29) is 18.1 Å². The average molecular weight is 292 g/mol. The van der Waals surface area contributed by atoms with Crippen LogP contribution in [0.4, 0.5) is 4.79 Å². The number of carboxylic acid groups (broad SMARTS) is 1. The van der Waals surface area contributed by atoms with Crippen molar-refractivity contribution in [1.29, 1.82) is 0 Å². The van der Waals surface area contributed by atoms with E-state index < -0.39 is 33.9 Å². The van der Waals surface area contributed by atoms with Gasteiger partial charge in [-0.1, -0.05) is 13.3 Å². The van der Waals surface area contributed by atoms with Crippen LogP contribution in [-0.4, -0.2) is 60.6 Å². The van der Waals surface area contributed by atoms with E-state index in [1.807, 2.05) is 6.92 Å². The Hall–Kier alpha value is -1.31. The van der Waals surface area contributed by atoms with Gasteiger partial charge >= 0.3 is 12.0 Å². The van der Waals surface area contributed by atoms with Gasteiger partial charge in [-0.2, -0.15) is 0 Å². The maximum atomic E-state index is 12.0. The van der Waals surface area contributed by atoms with Gasteiger partial charge in [-0.25, -0.2) is 18.0 Å². The topological polar surface area (TPSA) is 104 Å². The minimum Gasteiger partial charge on any atom is -0.480 e. The molecule has 2 N–H and O–H groups in total. The zero-order valence-electron chi connectivity index (χ0n) is 11.1. The molecule has 1 fully saturated rings. The van der Waals surface area contributed by atoms with E-state index in [4.69, 9.17) is 5.11 Å². The number of carboxylic acids is 1. The number of nitrogens with one attached hydrogen (secondary N) is 1. The second-order valence-corrected chi connectivity index (χ2v) is 7.01. The third kappa shape index (κ3) is 4.38. The van der Waals surface area contributed by atoms with Crippen molar-refractivity contribution < 1.29 is 23.1 Å². The molecule has 19 heavy (non-hydrogen) atoms. The molecule has 8 heteroatoms. The normalized spacial score (nSPS) is 23.7. The number of sulfone groups is 1. The minimum atomic E-state index is -3.09. The van der Waals surface area contributed by atoms with Gasteiger partial charge in [0.1, 0.15) is 6.04 Å². The summed E-state index contributed by atoms with van der Waals surface area (Å²) in [5.74, 6) is -1.23. The molecule has 1 rings (SSSR count). The van der Waals surface area contributed by atoms with Crippen LogP contribution in [0.25, 0.3) is 0 Å². The summed E-state index contributed by atoms with van der Waals surface area (Å²) in [6, 6.07) is -1.87. The van der Waals surface area contributed by atoms with E-state index in [9.17, 15) is 18.0 Å². The van der Waals surface area contributed by atoms with Crippen molar-refractivity contribution in [3.05, 3.63) is 0 Å². The Morgan fingerprint density at radius 2 is 2.11 bits per heavy atom. The molecule has 1 aliphatic rings. The summed E-state index contributed by atoms with van der Waals surface area (Å²) >= 11 is 0. The van der Waals surface area contributed by atoms with E-state index in [0.29, 0.717) is 12.8 Å². The Bertz CT molecular complexity index is 448. The van der Waals surface area contributed by atoms with E-state index in [2.05, 4.69) is 5.32 Å². The van der Waals surface area contributed by atoms with Crippen LogP contribution in [0.5, 0.6) is 0 Å². The van der Waals surface area contributed by atoms with Crippen molar-refractivity contribution >= 4 is 21.8 Å². The average Bonchev–Trinajstić information content (AvgIpc) is 2.26. The molecule has 0 saturated carbocycles. The van der Waals surface area contributed by atoms with Crippen molar-refractivity contribution in [2.24, 2.45) is 0 Å². The predicted molar refractivity (Wildman–Crippen MR) is 69.7 cm³/mol. The number of hydrogen-bond donors (Lipinski definition) is 2. The summed E-state index contributed by atoms with van der Waals surface area (Å²) in [5.41, 5.74) is 0. The summed E-state index contributed by atoms with van der Waals surface area (Å²) in [6.07, 6.45) is 0.989. The van der Waals surface area contributed by atoms with Gasteiger partial charge < -0.3 is 15.3 Å². The largest absolute Gasteiger partial charge is 0.480 e. The molecule has 0 aromatic rings. The van der Waals surface area contributed by atoms with E-state index in [1.54, 1.807) is 6.92 Å². The van der Waals surface area contributed by atoms with Crippen LogP contribution in [0.3, 0.4) is 0 Å². The van der Waals surface area contributed by atoms with Gasteiger partial charge in [0.15, 0.2) is 9.84 Å². The van der Waals surface area contributed by atoms with E-state index >= 15 is 0 Å². The quantitative estimate of drug-likeness (QED) is 0.763. The Morgan fingerprint density at radius 1 is 1.47 bits per heavy atom. The lowest BCUT2D eigenvalue weighted by Gasteiger charge is -2.33. The molecule has 110 valence electrons. The SMILES string of the molecule is CCC[C@H](NC(=O)N1CCS(=O)(=O)CC1C)C(=O)O. The molecule has 0 radical (unpaired) electrons. The number of rotatable bonds is 4. The first-order valence-corrected chi connectivity index (χ1v) is 8.09. The van der Waals surface area contributed by atoms with E-state index in [0.717, 1.165) is 0 Å². The van der Waals surface area contributed by atoms with Gasteiger partial charge in [0, 0.05) is 12.6 Å². The Balaban J connectivity index is 2.65. The number of hydrogen-bond acceptors (Lipinski definition) is 4. The lowest BCUT2D eigenvalue weighted by atomic mass is 10.2. The molecule has 1 heterocycles. The van der Waals surface area contributed by atoms with Crippen molar-refractivity contribution in [2.45, 2.75) is 38.8 Å². The molecule has 0 aromatic carbocycles. The zero-order valence-corrected chi connectivity index (χ0v) is 11.9. The third-order valence-electron chi connectivity index (χ3n) is 3.10. The minimum absolute atomic E-state index is 0.0731. The molecule has 0 aliphatic carbocycles. The molecular weight excluding hydrogens is 272 g/mol. The molecule has 2 atom stereocenters. The Kier molecular flexibility index (Phi) is 5.16. The first kappa shape index (κ1) is 15.7. The van der Waals surface area contributed by atoms with Gasteiger partial charge in [0.05, 0.1) is 11.5 Å². The highest BCUT2D eigenvalue weighted by molar-refractivity contribution is 7.91. The molecule has 1 aliphatic heterocycles. The summed E-state index contributed by atoms with van der Waals surface area (Å²) in [4.78, 5) is 24.3. The van der Waals surface area contributed by atoms with Crippen molar-refractivity contribution in [2.75, 3.05) is 18.1 Å². The first-order valence-electron chi connectivity index (χ1n) is 6.27. The van der Waals surface area contributed by atoms with E-state index in [1.165, 1.54) is 4.90 Å². The summed E-state index contributed by atoms with van der Waals surface area (Å²) in [7, 11) is -3.09. The number of amides is 2. The van der Waals surface area contributed by atoms with Gasteiger partial charge in [0.25, 0.3) is 0 Å². The van der Waals surface area contributed by atoms with Gasteiger partial charge in [-0.05, 0) is 13.3 Å². The number of carbonyl (C=O) groups is 2. The van der Waals surface area contributed by atoms with Crippen LogP contribution in [-0.2, 0) is 14.6 Å². The molecule has 2 amide bonds. The summed E-state index contributed by atoms with van der Waals surface area (Å²) < 4.78 is 22.8. The molecule has 7 nitrogen and oxygen atoms in total.